The van der Waals surface area contributed by atoms with Gasteiger partial charge in [-0.3, -0.25) is 9.48 Å². The summed E-state index contributed by atoms with van der Waals surface area (Å²) in [6.45, 7) is 3.72. The van der Waals surface area contributed by atoms with E-state index in [9.17, 15) is 4.79 Å². The summed E-state index contributed by atoms with van der Waals surface area (Å²) in [7, 11) is 0. The summed E-state index contributed by atoms with van der Waals surface area (Å²) in [5.41, 5.74) is 4.86. The number of nitrogen functional groups attached to an aromatic ring is 1. The van der Waals surface area contributed by atoms with Gasteiger partial charge in [0, 0.05) is 6.20 Å². The van der Waals surface area contributed by atoms with Crippen LogP contribution in [0.15, 0.2) is 12.3 Å². The Hall–Kier alpha value is -1.56. The fourth-order valence-corrected chi connectivity index (χ4v) is 1.23. The molecule has 1 rings (SSSR count). The van der Waals surface area contributed by atoms with Crippen LogP contribution in [-0.2, 0) is 11.3 Å². The van der Waals surface area contributed by atoms with E-state index in [2.05, 4.69) is 10.4 Å². The third-order valence-corrected chi connectivity index (χ3v) is 2.54. The highest BCUT2D eigenvalue weighted by Crippen LogP contribution is 2.07. The van der Waals surface area contributed by atoms with Crippen molar-refractivity contribution in [2.45, 2.75) is 32.4 Å². The minimum absolute atomic E-state index is 0.0868. The van der Waals surface area contributed by atoms with Crippen molar-refractivity contribution < 1.29 is 9.90 Å². The number of hydrogen-bond acceptors (Lipinski definition) is 4. The molecule has 0 bridgehead atoms. The van der Waals surface area contributed by atoms with Crippen LogP contribution >= 0.6 is 0 Å². The molecule has 4 N–H and O–H groups in total. The zero-order chi connectivity index (χ0) is 12.2. The highest BCUT2D eigenvalue weighted by atomic mass is 16.3. The molecule has 0 aliphatic carbocycles. The van der Waals surface area contributed by atoms with Gasteiger partial charge in [0.15, 0.2) is 0 Å². The predicted octanol–water partition coefficient (Wildman–Crippen LogP) is -0.257. The molecule has 6 nitrogen and oxygen atoms in total. The summed E-state index contributed by atoms with van der Waals surface area (Å²) in [5, 5.41) is 15.8. The van der Waals surface area contributed by atoms with Gasteiger partial charge in [0.05, 0.1) is 12.1 Å². The summed E-state index contributed by atoms with van der Waals surface area (Å²) >= 11 is 0. The minimum atomic E-state index is -0.574. The molecule has 1 unspecified atom stereocenters. The normalized spacial score (nSPS) is 14.4. The van der Waals surface area contributed by atoms with Gasteiger partial charge in [-0.1, -0.05) is 6.92 Å². The zero-order valence-electron chi connectivity index (χ0n) is 9.60. The topological polar surface area (TPSA) is 93.2 Å². The number of aromatic nitrogens is 2. The SMILES string of the molecule is CCC(C)(CO)NC(=O)Cn1ccc(N)n1. The van der Waals surface area contributed by atoms with Gasteiger partial charge in [-0.25, -0.2) is 0 Å². The van der Waals surface area contributed by atoms with E-state index in [4.69, 9.17) is 10.8 Å². The first-order valence-electron chi connectivity index (χ1n) is 5.20. The molecule has 1 heterocycles. The van der Waals surface area contributed by atoms with Crippen LogP contribution in [0.5, 0.6) is 0 Å². The highest BCUT2D eigenvalue weighted by Gasteiger charge is 2.23. The highest BCUT2D eigenvalue weighted by molar-refractivity contribution is 5.76. The molecule has 16 heavy (non-hydrogen) atoms. The van der Waals surface area contributed by atoms with E-state index in [0.717, 1.165) is 0 Å². The average molecular weight is 226 g/mol. The van der Waals surface area contributed by atoms with Crippen molar-refractivity contribution in [1.82, 2.24) is 15.1 Å². The van der Waals surface area contributed by atoms with Crippen LogP contribution in [0.2, 0.25) is 0 Å². The lowest BCUT2D eigenvalue weighted by Crippen LogP contribution is -2.49. The van der Waals surface area contributed by atoms with Crippen LogP contribution < -0.4 is 11.1 Å². The van der Waals surface area contributed by atoms with Gasteiger partial charge in [-0.05, 0) is 19.4 Å². The summed E-state index contributed by atoms with van der Waals surface area (Å²) in [4.78, 5) is 11.6. The van der Waals surface area contributed by atoms with Crippen molar-refractivity contribution in [3.8, 4) is 0 Å². The molecule has 0 fully saturated rings. The second kappa shape index (κ2) is 4.98. The largest absolute Gasteiger partial charge is 0.394 e. The number of aliphatic hydroxyl groups is 1. The Morgan fingerprint density at radius 2 is 2.44 bits per heavy atom. The number of nitrogens with one attached hydrogen (secondary N) is 1. The van der Waals surface area contributed by atoms with Gasteiger partial charge in [0.2, 0.25) is 5.91 Å². The number of amides is 1. The van der Waals surface area contributed by atoms with Crippen LogP contribution in [0.1, 0.15) is 20.3 Å². The molecule has 1 aromatic rings. The van der Waals surface area contributed by atoms with Crippen LogP contribution in [0.4, 0.5) is 5.82 Å². The quantitative estimate of drug-likeness (QED) is 0.645. The molecule has 0 saturated heterocycles. The van der Waals surface area contributed by atoms with E-state index in [1.54, 1.807) is 19.2 Å². The second-order valence-corrected chi connectivity index (χ2v) is 4.06. The molecule has 0 aliphatic rings. The molecule has 1 aromatic heterocycles. The van der Waals surface area contributed by atoms with E-state index in [0.29, 0.717) is 12.2 Å². The molecule has 0 aliphatic heterocycles. The Morgan fingerprint density at radius 3 is 2.88 bits per heavy atom. The molecule has 1 amide bonds. The summed E-state index contributed by atoms with van der Waals surface area (Å²) in [6, 6.07) is 1.62. The molecule has 0 saturated carbocycles. The molecule has 0 radical (unpaired) electrons. The van der Waals surface area contributed by atoms with Gasteiger partial charge in [-0.15, -0.1) is 0 Å². The van der Waals surface area contributed by atoms with Crippen molar-refractivity contribution in [3.63, 3.8) is 0 Å². The van der Waals surface area contributed by atoms with Gasteiger partial charge >= 0.3 is 0 Å². The van der Waals surface area contributed by atoms with Crippen molar-refractivity contribution in [2.24, 2.45) is 0 Å². The predicted molar refractivity (Wildman–Crippen MR) is 60.6 cm³/mol. The van der Waals surface area contributed by atoms with Gasteiger partial charge in [0.1, 0.15) is 12.4 Å². The van der Waals surface area contributed by atoms with Gasteiger partial charge in [-0.2, -0.15) is 5.10 Å². The first-order chi connectivity index (χ1) is 7.49. The maximum Gasteiger partial charge on any atom is 0.242 e. The van der Waals surface area contributed by atoms with Crippen molar-refractivity contribution in [2.75, 3.05) is 12.3 Å². The van der Waals surface area contributed by atoms with Crippen molar-refractivity contribution in [1.29, 1.82) is 0 Å². The van der Waals surface area contributed by atoms with Crippen LogP contribution in [0.25, 0.3) is 0 Å². The number of hydrogen-bond donors (Lipinski definition) is 3. The van der Waals surface area contributed by atoms with Crippen molar-refractivity contribution in [3.05, 3.63) is 12.3 Å². The summed E-state index contributed by atoms with van der Waals surface area (Å²) in [5.74, 6) is 0.190. The lowest BCUT2D eigenvalue weighted by Gasteiger charge is -2.27. The third kappa shape index (κ3) is 3.23. The van der Waals surface area contributed by atoms with E-state index < -0.39 is 5.54 Å². The Labute approximate surface area is 94.4 Å². The fraction of sp³-hybridized carbons (Fsp3) is 0.600. The zero-order valence-corrected chi connectivity index (χ0v) is 9.60. The summed E-state index contributed by atoms with van der Waals surface area (Å²) in [6.07, 6.45) is 2.30. The number of nitrogens with two attached hydrogens (primary N) is 1. The Bertz CT molecular complexity index is 357. The lowest BCUT2D eigenvalue weighted by atomic mass is 10.0. The minimum Gasteiger partial charge on any atom is -0.394 e. The third-order valence-electron chi connectivity index (χ3n) is 2.54. The van der Waals surface area contributed by atoms with E-state index in [-0.39, 0.29) is 19.1 Å². The maximum absolute atomic E-state index is 11.6. The standard InChI is InChI=1S/C10H18N4O2/c1-3-10(2,7-15)12-9(16)6-14-5-4-8(11)13-14/h4-5,15H,3,6-7H2,1-2H3,(H2,11,13)(H,12,16). The molecule has 0 spiro atoms. The van der Waals surface area contributed by atoms with Crippen LogP contribution in [0.3, 0.4) is 0 Å². The van der Waals surface area contributed by atoms with Gasteiger partial charge in [0.25, 0.3) is 0 Å². The maximum atomic E-state index is 11.6. The first-order valence-corrected chi connectivity index (χ1v) is 5.20. The fourth-order valence-electron chi connectivity index (χ4n) is 1.23. The molecular weight excluding hydrogens is 208 g/mol. The number of nitrogens with zero attached hydrogens (tertiary/aromatic N) is 2. The number of rotatable bonds is 5. The molecule has 1 atom stereocenters. The van der Waals surface area contributed by atoms with Gasteiger partial charge < -0.3 is 16.2 Å². The lowest BCUT2D eigenvalue weighted by molar-refractivity contribution is -0.124. The van der Waals surface area contributed by atoms with Crippen LogP contribution in [0, 0.1) is 0 Å². The molecular formula is C10H18N4O2. The smallest absolute Gasteiger partial charge is 0.242 e. The Balaban J connectivity index is 2.53. The molecule has 6 heteroatoms. The van der Waals surface area contributed by atoms with E-state index >= 15 is 0 Å². The monoisotopic (exact) mass is 226 g/mol. The first kappa shape index (κ1) is 12.5. The Kier molecular flexibility index (Phi) is 3.89. The number of aliphatic hydroxyl groups excluding tert-OH is 1. The van der Waals surface area contributed by atoms with Crippen molar-refractivity contribution >= 4 is 11.7 Å². The van der Waals surface area contributed by atoms with E-state index in [1.807, 2.05) is 6.92 Å². The average Bonchev–Trinajstić information content (AvgIpc) is 2.63. The van der Waals surface area contributed by atoms with Crippen LogP contribution in [-0.4, -0.2) is 32.9 Å². The number of anilines is 1. The Morgan fingerprint density at radius 1 is 1.75 bits per heavy atom. The van der Waals surface area contributed by atoms with E-state index in [1.165, 1.54) is 4.68 Å². The second-order valence-electron chi connectivity index (χ2n) is 4.06. The summed E-state index contributed by atoms with van der Waals surface area (Å²) < 4.78 is 1.46. The molecule has 90 valence electrons. The molecule has 0 aromatic carbocycles. The number of carbonyl (C=O) groups excluding carboxylic acids is 1. The number of carbonyl (C=O) groups is 1.